The van der Waals surface area contributed by atoms with Crippen LogP contribution in [0.3, 0.4) is 0 Å². The maximum absolute atomic E-state index is 13.3. The van der Waals surface area contributed by atoms with Gasteiger partial charge in [-0.2, -0.15) is 13.2 Å². The summed E-state index contributed by atoms with van der Waals surface area (Å²) in [5.41, 5.74) is 1.45. The second kappa shape index (κ2) is 9.03. The highest BCUT2D eigenvalue weighted by atomic mass is 32.2. The number of aromatic nitrogens is 1. The smallest absolute Gasteiger partial charge is 0.433 e. The Labute approximate surface area is 212 Å². The number of hydrogen-bond acceptors (Lipinski definition) is 5. The van der Waals surface area contributed by atoms with Crippen molar-refractivity contribution in [3.8, 4) is 0 Å². The van der Waals surface area contributed by atoms with Gasteiger partial charge in [-0.3, -0.25) is 4.79 Å². The fraction of sp³-hybridized carbons (Fsp3) is 0.333. The van der Waals surface area contributed by atoms with E-state index in [-0.39, 0.29) is 17.8 Å². The van der Waals surface area contributed by atoms with Crippen molar-refractivity contribution in [3.05, 3.63) is 77.0 Å². The van der Waals surface area contributed by atoms with Crippen LogP contribution in [0.4, 0.5) is 30.4 Å². The standard InChI is InChI=1S/C27H28F3N3O2S/c1-25(2,3)17-7-10-19(11-8-17)36-33-15-16-6-13-22(27(28,29)30)32-23(16)31-20-12-9-18(14-21(20)33)26(4,5)24(34)35/h6-14H,15H2,1-5H3,(H,31,32)(H,34,35). The first-order chi connectivity index (χ1) is 16.7. The Morgan fingerprint density at radius 1 is 0.972 bits per heavy atom. The van der Waals surface area contributed by atoms with Gasteiger partial charge >= 0.3 is 12.1 Å². The van der Waals surface area contributed by atoms with Crippen LogP contribution in [0.2, 0.25) is 0 Å². The van der Waals surface area contributed by atoms with Gasteiger partial charge in [0, 0.05) is 10.5 Å². The van der Waals surface area contributed by atoms with Crippen LogP contribution in [0, 0.1) is 0 Å². The molecule has 1 aliphatic rings. The monoisotopic (exact) mass is 515 g/mol. The molecule has 3 aromatic rings. The number of nitrogens with zero attached hydrogens (tertiary/aromatic N) is 2. The number of halogens is 3. The van der Waals surface area contributed by atoms with Crippen molar-refractivity contribution in [3.63, 3.8) is 0 Å². The highest BCUT2D eigenvalue weighted by Crippen LogP contribution is 2.43. The van der Waals surface area contributed by atoms with Crippen LogP contribution in [0.15, 0.2) is 59.5 Å². The predicted octanol–water partition coefficient (Wildman–Crippen LogP) is 7.53. The molecule has 5 nitrogen and oxygen atoms in total. The third kappa shape index (κ3) is 5.16. The summed E-state index contributed by atoms with van der Waals surface area (Å²) in [6.45, 7) is 9.92. The number of rotatable bonds is 4. The Balaban J connectivity index is 1.79. The van der Waals surface area contributed by atoms with Crippen molar-refractivity contribution in [2.24, 2.45) is 0 Å². The number of alkyl halides is 3. The minimum Gasteiger partial charge on any atom is -0.481 e. The molecule has 0 saturated heterocycles. The summed E-state index contributed by atoms with van der Waals surface area (Å²) in [5, 5.41) is 12.8. The molecule has 0 spiro atoms. The molecule has 0 saturated carbocycles. The van der Waals surface area contributed by atoms with Gasteiger partial charge in [0.25, 0.3) is 0 Å². The molecular formula is C27H28F3N3O2S. The topological polar surface area (TPSA) is 65.5 Å². The molecule has 9 heteroatoms. The molecule has 190 valence electrons. The second-order valence-electron chi connectivity index (χ2n) is 10.4. The first-order valence-electron chi connectivity index (χ1n) is 11.4. The normalized spacial score (nSPS) is 13.9. The summed E-state index contributed by atoms with van der Waals surface area (Å²) in [7, 11) is 0. The van der Waals surface area contributed by atoms with Gasteiger partial charge in [0.1, 0.15) is 11.5 Å². The summed E-state index contributed by atoms with van der Waals surface area (Å²) in [6.07, 6.45) is -4.57. The molecule has 0 aliphatic carbocycles. The van der Waals surface area contributed by atoms with Crippen molar-refractivity contribution in [1.29, 1.82) is 0 Å². The van der Waals surface area contributed by atoms with E-state index in [2.05, 4.69) is 43.2 Å². The van der Waals surface area contributed by atoms with E-state index < -0.39 is 23.3 Å². The zero-order valence-electron chi connectivity index (χ0n) is 20.7. The van der Waals surface area contributed by atoms with Crippen molar-refractivity contribution in [2.45, 2.75) is 63.1 Å². The van der Waals surface area contributed by atoms with Gasteiger partial charge in [-0.1, -0.05) is 45.0 Å². The molecule has 2 heterocycles. The van der Waals surface area contributed by atoms with Crippen molar-refractivity contribution in [2.75, 3.05) is 9.62 Å². The highest BCUT2D eigenvalue weighted by molar-refractivity contribution is 8.00. The summed E-state index contributed by atoms with van der Waals surface area (Å²) >= 11 is 1.44. The van der Waals surface area contributed by atoms with Crippen LogP contribution in [-0.2, 0) is 28.3 Å². The maximum atomic E-state index is 13.3. The van der Waals surface area contributed by atoms with E-state index in [4.69, 9.17) is 0 Å². The van der Waals surface area contributed by atoms with E-state index in [0.29, 0.717) is 22.5 Å². The summed E-state index contributed by atoms with van der Waals surface area (Å²) < 4.78 is 42.0. The molecular weight excluding hydrogens is 487 g/mol. The van der Waals surface area contributed by atoms with Gasteiger partial charge < -0.3 is 14.7 Å². The van der Waals surface area contributed by atoms with Crippen LogP contribution >= 0.6 is 11.9 Å². The lowest BCUT2D eigenvalue weighted by molar-refractivity contribution is -0.142. The van der Waals surface area contributed by atoms with Crippen molar-refractivity contribution in [1.82, 2.24) is 4.98 Å². The number of fused-ring (bicyclic) bond motifs is 2. The molecule has 0 fully saturated rings. The van der Waals surface area contributed by atoms with E-state index in [0.717, 1.165) is 11.0 Å². The van der Waals surface area contributed by atoms with E-state index in [1.54, 1.807) is 32.0 Å². The van der Waals surface area contributed by atoms with E-state index >= 15 is 0 Å². The third-order valence-corrected chi connectivity index (χ3v) is 7.32. The molecule has 4 rings (SSSR count). The minimum absolute atomic E-state index is 0.000433. The third-order valence-electron chi connectivity index (χ3n) is 6.29. The minimum atomic E-state index is -4.57. The molecule has 2 aromatic carbocycles. The molecule has 2 N–H and O–H groups in total. The number of aliphatic carboxylic acids is 1. The van der Waals surface area contributed by atoms with Crippen LogP contribution in [0.1, 0.15) is 57.0 Å². The number of nitrogens with one attached hydrogen (secondary N) is 1. The van der Waals surface area contributed by atoms with Gasteiger partial charge in [-0.25, -0.2) is 4.98 Å². The van der Waals surface area contributed by atoms with Gasteiger partial charge in [0.15, 0.2) is 0 Å². The number of pyridine rings is 1. The van der Waals surface area contributed by atoms with E-state index in [1.807, 2.05) is 16.4 Å². The zero-order valence-corrected chi connectivity index (χ0v) is 21.5. The molecule has 0 amide bonds. The number of anilines is 3. The SMILES string of the molecule is CC(C)(C)c1ccc(SN2Cc3ccc(C(F)(F)F)nc3Nc3ccc(C(C)(C)C(=O)O)cc32)cc1. The lowest BCUT2D eigenvalue weighted by Gasteiger charge is -2.27. The molecule has 0 bridgehead atoms. The Morgan fingerprint density at radius 2 is 1.61 bits per heavy atom. The van der Waals surface area contributed by atoms with E-state index in [1.165, 1.54) is 23.6 Å². The summed E-state index contributed by atoms with van der Waals surface area (Å²) in [4.78, 5) is 16.7. The van der Waals surface area contributed by atoms with Gasteiger partial charge in [0.05, 0.1) is 23.3 Å². The van der Waals surface area contributed by atoms with Crippen LogP contribution in [0.25, 0.3) is 0 Å². The number of benzene rings is 2. The van der Waals surface area contributed by atoms with Crippen molar-refractivity contribution < 1.29 is 23.1 Å². The van der Waals surface area contributed by atoms with Crippen LogP contribution in [0.5, 0.6) is 0 Å². The maximum Gasteiger partial charge on any atom is 0.433 e. The van der Waals surface area contributed by atoms with Crippen LogP contribution in [-0.4, -0.2) is 16.1 Å². The molecule has 0 unspecified atom stereocenters. The van der Waals surface area contributed by atoms with Crippen LogP contribution < -0.4 is 9.62 Å². The van der Waals surface area contributed by atoms with E-state index in [9.17, 15) is 23.1 Å². The molecule has 0 radical (unpaired) electrons. The summed E-state index contributed by atoms with van der Waals surface area (Å²) in [6, 6.07) is 15.7. The predicted molar refractivity (Wildman–Crippen MR) is 137 cm³/mol. The molecule has 36 heavy (non-hydrogen) atoms. The Kier molecular flexibility index (Phi) is 6.49. The first kappa shape index (κ1) is 25.9. The molecule has 0 atom stereocenters. The largest absolute Gasteiger partial charge is 0.481 e. The highest BCUT2D eigenvalue weighted by Gasteiger charge is 2.35. The Hall–Kier alpha value is -3.20. The fourth-order valence-electron chi connectivity index (χ4n) is 3.83. The van der Waals surface area contributed by atoms with Gasteiger partial charge in [0.2, 0.25) is 0 Å². The fourth-order valence-corrected chi connectivity index (χ4v) is 4.79. The quantitative estimate of drug-likeness (QED) is 0.350. The average molecular weight is 516 g/mol. The number of hydrogen-bond donors (Lipinski definition) is 2. The number of carboxylic acids is 1. The summed E-state index contributed by atoms with van der Waals surface area (Å²) in [5.74, 6) is -0.844. The first-order valence-corrected chi connectivity index (χ1v) is 12.2. The lowest BCUT2D eigenvalue weighted by atomic mass is 9.84. The molecule has 1 aromatic heterocycles. The number of carboxylic acid groups (broad SMARTS) is 1. The van der Waals surface area contributed by atoms with Gasteiger partial charge in [-0.05, 0) is 72.7 Å². The average Bonchev–Trinajstić information content (AvgIpc) is 2.93. The Morgan fingerprint density at radius 3 is 2.19 bits per heavy atom. The Bertz CT molecular complexity index is 1300. The zero-order chi connectivity index (χ0) is 26.5. The number of carbonyl (C=O) groups is 1. The molecule has 1 aliphatic heterocycles. The second-order valence-corrected chi connectivity index (χ2v) is 11.5. The van der Waals surface area contributed by atoms with Crippen molar-refractivity contribution >= 4 is 35.1 Å². The lowest BCUT2D eigenvalue weighted by Crippen LogP contribution is -2.28. The van der Waals surface area contributed by atoms with Gasteiger partial charge in [-0.15, -0.1) is 0 Å².